The highest BCUT2D eigenvalue weighted by Gasteiger charge is 2.19. The molecule has 2 heteroatoms. The van der Waals surface area contributed by atoms with Gasteiger partial charge in [0.15, 0.2) is 0 Å². The Morgan fingerprint density at radius 2 is 2.12 bits per heavy atom. The third-order valence-corrected chi connectivity index (χ3v) is 4.45. The lowest BCUT2D eigenvalue weighted by Crippen LogP contribution is -2.23. The summed E-state index contributed by atoms with van der Waals surface area (Å²) in [5.41, 5.74) is 1.46. The van der Waals surface area contributed by atoms with Crippen LogP contribution in [0.15, 0.2) is 29.6 Å². The van der Waals surface area contributed by atoms with Crippen molar-refractivity contribution < 1.29 is 0 Å². The molecule has 0 saturated carbocycles. The molecule has 1 aromatic carbocycles. The van der Waals surface area contributed by atoms with Gasteiger partial charge in [0.2, 0.25) is 0 Å². The fraction of sp³-hybridized carbons (Fsp3) is 0.467. The molecule has 0 saturated heterocycles. The molecule has 2 rings (SSSR count). The first-order chi connectivity index (χ1) is 8.27. The average molecular weight is 247 g/mol. The summed E-state index contributed by atoms with van der Waals surface area (Å²) >= 11 is 1.85. The van der Waals surface area contributed by atoms with Gasteiger partial charge in [0.25, 0.3) is 0 Å². The molecule has 1 nitrogen and oxygen atoms in total. The Morgan fingerprint density at radius 3 is 2.82 bits per heavy atom. The first-order valence-corrected chi connectivity index (χ1v) is 7.29. The lowest BCUT2D eigenvalue weighted by molar-refractivity contribution is 0.386. The second kappa shape index (κ2) is 5.65. The summed E-state index contributed by atoms with van der Waals surface area (Å²) in [7, 11) is 2.07. The molecular weight excluding hydrogens is 226 g/mol. The van der Waals surface area contributed by atoms with Crippen molar-refractivity contribution in [2.24, 2.45) is 5.92 Å². The van der Waals surface area contributed by atoms with E-state index in [1.54, 1.807) is 0 Å². The Kier molecular flexibility index (Phi) is 4.19. The van der Waals surface area contributed by atoms with Gasteiger partial charge >= 0.3 is 0 Å². The Balaban J connectivity index is 2.39. The van der Waals surface area contributed by atoms with Gasteiger partial charge in [0.05, 0.1) is 0 Å². The maximum Gasteiger partial charge on any atom is 0.0390 e. The van der Waals surface area contributed by atoms with Crippen LogP contribution in [0.5, 0.6) is 0 Å². The Hall–Kier alpha value is -0.860. The molecule has 1 heterocycles. The van der Waals surface area contributed by atoms with Gasteiger partial charge in [-0.05, 0) is 41.8 Å². The molecule has 2 aromatic rings. The van der Waals surface area contributed by atoms with Gasteiger partial charge in [-0.1, -0.05) is 38.5 Å². The number of rotatable bonds is 5. The zero-order valence-electron chi connectivity index (χ0n) is 10.9. The van der Waals surface area contributed by atoms with Gasteiger partial charge in [-0.3, -0.25) is 0 Å². The quantitative estimate of drug-likeness (QED) is 0.814. The highest BCUT2D eigenvalue weighted by Crippen LogP contribution is 2.33. The van der Waals surface area contributed by atoms with E-state index in [4.69, 9.17) is 0 Å². The largest absolute Gasteiger partial charge is 0.313 e. The summed E-state index contributed by atoms with van der Waals surface area (Å²) in [6.45, 7) is 4.60. The summed E-state index contributed by atoms with van der Waals surface area (Å²) in [5.74, 6) is 0.678. The molecule has 0 fully saturated rings. The molecule has 17 heavy (non-hydrogen) atoms. The van der Waals surface area contributed by atoms with Gasteiger partial charge in [0, 0.05) is 10.7 Å². The maximum atomic E-state index is 3.49. The van der Waals surface area contributed by atoms with Crippen LogP contribution >= 0.6 is 11.3 Å². The van der Waals surface area contributed by atoms with Gasteiger partial charge in [-0.25, -0.2) is 0 Å². The van der Waals surface area contributed by atoms with Crippen LogP contribution in [-0.4, -0.2) is 7.05 Å². The lowest BCUT2D eigenvalue weighted by Gasteiger charge is -2.24. The lowest BCUT2D eigenvalue weighted by atomic mass is 9.90. The minimum Gasteiger partial charge on any atom is -0.313 e. The van der Waals surface area contributed by atoms with Gasteiger partial charge in [0.1, 0.15) is 0 Å². The van der Waals surface area contributed by atoms with E-state index in [0.29, 0.717) is 12.0 Å². The average Bonchev–Trinajstić information content (AvgIpc) is 2.79. The zero-order chi connectivity index (χ0) is 12.3. The standard InChI is InChI=1S/C15H21NS/c1-4-6-11(2)14(16-3)13-8-5-7-12-9-10-17-15(12)13/h5,7-11,14,16H,4,6H2,1-3H3. The number of benzene rings is 1. The first kappa shape index (κ1) is 12.6. The number of hydrogen-bond acceptors (Lipinski definition) is 2. The SMILES string of the molecule is CCCC(C)C(NC)c1cccc2ccsc12. The smallest absolute Gasteiger partial charge is 0.0390 e. The molecule has 1 aromatic heterocycles. The Morgan fingerprint density at radius 1 is 1.29 bits per heavy atom. The number of thiophene rings is 1. The van der Waals surface area contributed by atoms with E-state index in [-0.39, 0.29) is 0 Å². The van der Waals surface area contributed by atoms with Crippen molar-refractivity contribution in [3.05, 3.63) is 35.2 Å². The van der Waals surface area contributed by atoms with Gasteiger partial charge in [-0.15, -0.1) is 11.3 Å². The normalized spacial score (nSPS) is 15.0. The van der Waals surface area contributed by atoms with Crippen molar-refractivity contribution in [2.75, 3.05) is 7.05 Å². The van der Waals surface area contributed by atoms with Crippen molar-refractivity contribution in [1.29, 1.82) is 0 Å². The fourth-order valence-corrected chi connectivity index (χ4v) is 3.58. The molecule has 0 bridgehead atoms. The van der Waals surface area contributed by atoms with Crippen molar-refractivity contribution in [3.8, 4) is 0 Å². The molecule has 0 aliphatic heterocycles. The van der Waals surface area contributed by atoms with Crippen molar-refractivity contribution in [3.63, 3.8) is 0 Å². The van der Waals surface area contributed by atoms with E-state index in [1.807, 2.05) is 11.3 Å². The fourth-order valence-electron chi connectivity index (χ4n) is 2.63. The van der Waals surface area contributed by atoms with Crippen molar-refractivity contribution in [1.82, 2.24) is 5.32 Å². The molecule has 0 amide bonds. The van der Waals surface area contributed by atoms with Crippen molar-refractivity contribution >= 4 is 21.4 Å². The van der Waals surface area contributed by atoms with Crippen LogP contribution in [0.2, 0.25) is 0 Å². The minimum atomic E-state index is 0.470. The maximum absolute atomic E-state index is 3.49. The molecule has 2 unspecified atom stereocenters. The Bertz CT molecular complexity index is 474. The second-order valence-corrected chi connectivity index (χ2v) is 5.63. The van der Waals surface area contributed by atoms with Crippen LogP contribution < -0.4 is 5.32 Å². The topological polar surface area (TPSA) is 12.0 Å². The number of fused-ring (bicyclic) bond motifs is 1. The molecule has 92 valence electrons. The molecule has 2 atom stereocenters. The third kappa shape index (κ3) is 2.53. The van der Waals surface area contributed by atoms with Crippen LogP contribution in [0.3, 0.4) is 0 Å². The Labute approximate surface area is 108 Å². The van der Waals surface area contributed by atoms with Crippen LogP contribution in [0, 0.1) is 5.92 Å². The highest BCUT2D eigenvalue weighted by molar-refractivity contribution is 7.17. The predicted octanol–water partition coefficient (Wildman–Crippen LogP) is 4.60. The van der Waals surface area contributed by atoms with Crippen LogP contribution in [-0.2, 0) is 0 Å². The molecule has 0 spiro atoms. The summed E-state index contributed by atoms with van der Waals surface area (Å²) < 4.78 is 1.44. The van der Waals surface area contributed by atoms with E-state index >= 15 is 0 Å². The van der Waals surface area contributed by atoms with Crippen molar-refractivity contribution in [2.45, 2.75) is 32.7 Å². The summed E-state index contributed by atoms with van der Waals surface area (Å²) in [6, 6.07) is 9.32. The molecular formula is C15H21NS. The summed E-state index contributed by atoms with van der Waals surface area (Å²) in [6.07, 6.45) is 2.52. The first-order valence-electron chi connectivity index (χ1n) is 6.41. The van der Waals surface area contributed by atoms with Crippen LogP contribution in [0.4, 0.5) is 0 Å². The van der Waals surface area contributed by atoms with Crippen LogP contribution in [0.1, 0.15) is 38.3 Å². The number of hydrogen-bond donors (Lipinski definition) is 1. The third-order valence-electron chi connectivity index (χ3n) is 3.47. The van der Waals surface area contributed by atoms with E-state index in [1.165, 1.54) is 28.5 Å². The predicted molar refractivity (Wildman–Crippen MR) is 77.7 cm³/mol. The minimum absolute atomic E-state index is 0.470. The molecule has 0 radical (unpaired) electrons. The van der Waals surface area contributed by atoms with Gasteiger partial charge < -0.3 is 5.32 Å². The summed E-state index contributed by atoms with van der Waals surface area (Å²) in [4.78, 5) is 0. The highest BCUT2D eigenvalue weighted by atomic mass is 32.1. The molecule has 0 aliphatic rings. The molecule has 1 N–H and O–H groups in total. The van der Waals surface area contributed by atoms with E-state index in [0.717, 1.165) is 0 Å². The monoisotopic (exact) mass is 247 g/mol. The van der Waals surface area contributed by atoms with E-state index in [9.17, 15) is 0 Å². The summed E-state index contributed by atoms with van der Waals surface area (Å²) in [5, 5.41) is 7.05. The number of nitrogens with one attached hydrogen (secondary N) is 1. The van der Waals surface area contributed by atoms with E-state index < -0.39 is 0 Å². The van der Waals surface area contributed by atoms with Gasteiger partial charge in [-0.2, -0.15) is 0 Å². The zero-order valence-corrected chi connectivity index (χ0v) is 11.7. The van der Waals surface area contributed by atoms with E-state index in [2.05, 4.69) is 55.9 Å². The van der Waals surface area contributed by atoms with Crippen LogP contribution in [0.25, 0.3) is 10.1 Å². The second-order valence-electron chi connectivity index (χ2n) is 4.72. The molecule has 0 aliphatic carbocycles.